The largest absolute Gasteiger partial charge is 0.471 e. The van der Waals surface area contributed by atoms with Crippen LogP contribution >= 0.6 is 15.9 Å². The lowest BCUT2D eigenvalue weighted by Crippen LogP contribution is -2.37. The van der Waals surface area contributed by atoms with Gasteiger partial charge in [0, 0.05) is 6.04 Å². The fourth-order valence-corrected chi connectivity index (χ4v) is 2.76. The van der Waals surface area contributed by atoms with Crippen molar-refractivity contribution in [2.24, 2.45) is 0 Å². The summed E-state index contributed by atoms with van der Waals surface area (Å²) in [4.78, 5) is 8.79. The van der Waals surface area contributed by atoms with Crippen LogP contribution in [0, 0.1) is 0 Å². The lowest BCUT2D eigenvalue weighted by molar-refractivity contribution is -0.0338. The van der Waals surface area contributed by atoms with Crippen LogP contribution in [0.2, 0.25) is 0 Å². The lowest BCUT2D eigenvalue weighted by atomic mass is 10.0. The molecular weight excluding hydrogens is 334 g/mol. The summed E-state index contributed by atoms with van der Waals surface area (Å²) in [6.07, 6.45) is 4.15. The molecule has 0 bridgehead atoms. The van der Waals surface area contributed by atoms with Crippen molar-refractivity contribution in [1.29, 1.82) is 0 Å². The van der Waals surface area contributed by atoms with E-state index < -0.39 is 0 Å². The topological polar surface area (TPSA) is 56.3 Å². The molecule has 0 radical (unpaired) electrons. The van der Waals surface area contributed by atoms with Crippen LogP contribution in [0.5, 0.6) is 5.88 Å². The number of hydrogen-bond donors (Lipinski definition) is 1. The molecule has 1 aromatic heterocycles. The highest BCUT2D eigenvalue weighted by Gasteiger charge is 2.25. The first-order valence-electron chi connectivity index (χ1n) is 7.36. The molecule has 118 valence electrons. The SMILES string of the molecule is C[C@H]1CC(Nc2ncc(Br)c(OC(C)(C)C)n2)C[C@H](C)O1. The summed E-state index contributed by atoms with van der Waals surface area (Å²) >= 11 is 3.43. The molecule has 2 atom stereocenters. The normalized spacial score (nSPS) is 26.5. The number of anilines is 1. The van der Waals surface area contributed by atoms with E-state index in [1.807, 2.05) is 20.8 Å². The van der Waals surface area contributed by atoms with Crippen molar-refractivity contribution < 1.29 is 9.47 Å². The third-order valence-corrected chi connectivity index (χ3v) is 3.69. The van der Waals surface area contributed by atoms with Crippen molar-refractivity contribution in [2.45, 2.75) is 71.3 Å². The van der Waals surface area contributed by atoms with Gasteiger partial charge in [-0.3, -0.25) is 0 Å². The second-order valence-corrected chi connectivity index (χ2v) is 7.49. The monoisotopic (exact) mass is 357 g/mol. The Morgan fingerprint density at radius 1 is 1.29 bits per heavy atom. The molecular formula is C15H24BrN3O2. The van der Waals surface area contributed by atoms with Gasteiger partial charge in [0.05, 0.1) is 22.9 Å². The highest BCUT2D eigenvalue weighted by molar-refractivity contribution is 9.10. The van der Waals surface area contributed by atoms with Crippen molar-refractivity contribution in [3.8, 4) is 5.88 Å². The first-order valence-corrected chi connectivity index (χ1v) is 8.16. The molecule has 1 saturated heterocycles. The van der Waals surface area contributed by atoms with Crippen LogP contribution in [0.4, 0.5) is 5.95 Å². The van der Waals surface area contributed by atoms with Gasteiger partial charge in [0.15, 0.2) is 0 Å². The van der Waals surface area contributed by atoms with Gasteiger partial charge in [-0.2, -0.15) is 4.98 Å². The summed E-state index contributed by atoms with van der Waals surface area (Å²) < 4.78 is 12.4. The number of halogens is 1. The van der Waals surface area contributed by atoms with Gasteiger partial charge < -0.3 is 14.8 Å². The minimum absolute atomic E-state index is 0.256. The van der Waals surface area contributed by atoms with E-state index in [-0.39, 0.29) is 17.8 Å². The Kier molecular flexibility index (Phi) is 5.09. The highest BCUT2D eigenvalue weighted by Crippen LogP contribution is 2.27. The van der Waals surface area contributed by atoms with Crippen molar-refractivity contribution in [1.82, 2.24) is 9.97 Å². The Bertz CT molecular complexity index is 480. The summed E-state index contributed by atoms with van der Waals surface area (Å²) in [6.45, 7) is 10.2. The van der Waals surface area contributed by atoms with Crippen LogP contribution in [-0.2, 0) is 4.74 Å². The van der Waals surface area contributed by atoms with Gasteiger partial charge >= 0.3 is 0 Å². The molecule has 2 heterocycles. The molecule has 21 heavy (non-hydrogen) atoms. The van der Waals surface area contributed by atoms with E-state index in [1.54, 1.807) is 6.20 Å². The first kappa shape index (κ1) is 16.5. The molecule has 1 aromatic rings. The second-order valence-electron chi connectivity index (χ2n) is 6.63. The second kappa shape index (κ2) is 6.48. The Morgan fingerprint density at radius 2 is 1.90 bits per heavy atom. The van der Waals surface area contributed by atoms with Crippen LogP contribution < -0.4 is 10.1 Å². The van der Waals surface area contributed by atoms with Gasteiger partial charge in [-0.25, -0.2) is 4.98 Å². The van der Waals surface area contributed by atoms with E-state index in [2.05, 4.69) is 45.1 Å². The zero-order valence-electron chi connectivity index (χ0n) is 13.3. The fraction of sp³-hybridized carbons (Fsp3) is 0.733. The number of nitrogens with zero attached hydrogens (tertiary/aromatic N) is 2. The van der Waals surface area contributed by atoms with E-state index in [9.17, 15) is 0 Å². The predicted octanol–water partition coefficient (Wildman–Crippen LogP) is 3.78. The number of ether oxygens (including phenoxy) is 2. The fourth-order valence-electron chi connectivity index (χ4n) is 2.49. The molecule has 1 N–H and O–H groups in total. The minimum atomic E-state index is -0.296. The maximum atomic E-state index is 5.84. The minimum Gasteiger partial charge on any atom is -0.471 e. The van der Waals surface area contributed by atoms with E-state index in [0.717, 1.165) is 17.3 Å². The molecule has 5 nitrogen and oxygen atoms in total. The first-order chi connectivity index (χ1) is 9.73. The van der Waals surface area contributed by atoms with Gasteiger partial charge in [0.2, 0.25) is 11.8 Å². The van der Waals surface area contributed by atoms with Crippen molar-refractivity contribution in [2.75, 3.05) is 5.32 Å². The average Bonchev–Trinajstić information content (AvgIpc) is 2.30. The quantitative estimate of drug-likeness (QED) is 0.891. The molecule has 1 aliphatic rings. The maximum absolute atomic E-state index is 5.84. The van der Waals surface area contributed by atoms with Crippen LogP contribution in [0.3, 0.4) is 0 Å². The Labute approximate surface area is 135 Å². The standard InChI is InChI=1S/C15H24BrN3O2/c1-9-6-11(7-10(2)20-9)18-14-17-8-12(16)13(19-14)21-15(3,4)5/h8-11H,6-7H2,1-5H3,(H,17,18,19)/t9-,10-/m0/s1. The van der Waals surface area contributed by atoms with Gasteiger partial charge in [0.1, 0.15) is 5.60 Å². The number of hydrogen-bond acceptors (Lipinski definition) is 5. The lowest BCUT2D eigenvalue weighted by Gasteiger charge is -2.32. The smallest absolute Gasteiger partial charge is 0.233 e. The molecule has 2 rings (SSSR count). The summed E-state index contributed by atoms with van der Waals surface area (Å²) in [6, 6.07) is 0.326. The Morgan fingerprint density at radius 3 is 2.48 bits per heavy atom. The highest BCUT2D eigenvalue weighted by atomic mass is 79.9. The van der Waals surface area contributed by atoms with Gasteiger partial charge in [0.25, 0.3) is 0 Å². The van der Waals surface area contributed by atoms with Gasteiger partial charge in [-0.05, 0) is 63.4 Å². The van der Waals surface area contributed by atoms with Crippen molar-refractivity contribution in [3.05, 3.63) is 10.7 Å². The molecule has 0 amide bonds. The maximum Gasteiger partial charge on any atom is 0.233 e. The number of rotatable bonds is 3. The molecule has 1 aliphatic heterocycles. The van der Waals surface area contributed by atoms with E-state index in [4.69, 9.17) is 9.47 Å². The third-order valence-electron chi connectivity index (χ3n) is 3.15. The molecule has 0 spiro atoms. The molecule has 6 heteroatoms. The van der Waals surface area contributed by atoms with Gasteiger partial charge in [-0.15, -0.1) is 0 Å². The third kappa shape index (κ3) is 5.11. The molecule has 0 unspecified atom stereocenters. The number of aromatic nitrogens is 2. The van der Waals surface area contributed by atoms with Crippen LogP contribution in [0.1, 0.15) is 47.5 Å². The molecule has 0 saturated carbocycles. The summed E-state index contributed by atoms with van der Waals surface area (Å²) in [5, 5.41) is 3.39. The van der Waals surface area contributed by atoms with E-state index in [1.165, 1.54) is 0 Å². The summed E-state index contributed by atoms with van der Waals surface area (Å²) in [5.41, 5.74) is -0.296. The summed E-state index contributed by atoms with van der Waals surface area (Å²) in [5.74, 6) is 1.16. The Balaban J connectivity index is 2.08. The molecule has 0 aromatic carbocycles. The van der Waals surface area contributed by atoms with E-state index >= 15 is 0 Å². The Hall–Kier alpha value is -0.880. The van der Waals surface area contributed by atoms with E-state index in [0.29, 0.717) is 17.9 Å². The van der Waals surface area contributed by atoms with Crippen molar-refractivity contribution in [3.63, 3.8) is 0 Å². The van der Waals surface area contributed by atoms with Crippen LogP contribution in [0.25, 0.3) is 0 Å². The van der Waals surface area contributed by atoms with Gasteiger partial charge in [-0.1, -0.05) is 0 Å². The number of nitrogens with one attached hydrogen (secondary N) is 1. The summed E-state index contributed by atoms with van der Waals surface area (Å²) in [7, 11) is 0. The van der Waals surface area contributed by atoms with Crippen molar-refractivity contribution >= 4 is 21.9 Å². The zero-order chi connectivity index (χ0) is 15.6. The van der Waals surface area contributed by atoms with Crippen LogP contribution in [-0.4, -0.2) is 33.8 Å². The average molecular weight is 358 g/mol. The molecule has 1 fully saturated rings. The predicted molar refractivity (Wildman–Crippen MR) is 86.8 cm³/mol. The van der Waals surface area contributed by atoms with Crippen LogP contribution in [0.15, 0.2) is 10.7 Å². The molecule has 0 aliphatic carbocycles. The zero-order valence-corrected chi connectivity index (χ0v) is 14.9.